The summed E-state index contributed by atoms with van der Waals surface area (Å²) in [6, 6.07) is 1.54. The number of nitrogens with two attached hydrogens (primary N) is 1. The van der Waals surface area contributed by atoms with Gasteiger partial charge in [-0.1, -0.05) is 0 Å². The number of nitrogens with zero attached hydrogens (tertiary/aromatic N) is 1. The zero-order chi connectivity index (χ0) is 13.3. The van der Waals surface area contributed by atoms with Crippen LogP contribution >= 0.6 is 0 Å². The molecule has 2 unspecified atom stereocenters. The predicted octanol–water partition coefficient (Wildman–Crippen LogP) is 2.16. The number of nitro groups is 1. The number of nitrogens with one attached hydrogen (secondary N) is 1. The fourth-order valence-electron chi connectivity index (χ4n) is 2.18. The number of halogens is 2. The van der Waals surface area contributed by atoms with Crippen molar-refractivity contribution in [2.75, 3.05) is 5.32 Å². The van der Waals surface area contributed by atoms with Crippen LogP contribution in [0.25, 0.3) is 0 Å². The average Bonchev–Trinajstić information content (AvgIpc) is 2.70. The first-order chi connectivity index (χ1) is 8.49. The molecule has 1 saturated carbocycles. The van der Waals surface area contributed by atoms with Gasteiger partial charge in [0.25, 0.3) is 5.69 Å². The van der Waals surface area contributed by atoms with Crippen LogP contribution in [0, 0.1) is 21.7 Å². The van der Waals surface area contributed by atoms with Crippen LogP contribution in [0.4, 0.5) is 20.2 Å². The molecule has 0 radical (unpaired) electrons. The molecule has 1 aromatic rings. The van der Waals surface area contributed by atoms with Crippen molar-refractivity contribution in [3.63, 3.8) is 0 Å². The van der Waals surface area contributed by atoms with Gasteiger partial charge in [-0.3, -0.25) is 10.1 Å². The van der Waals surface area contributed by atoms with Crippen LogP contribution in [0.2, 0.25) is 0 Å². The molecule has 3 N–H and O–H groups in total. The number of nitro benzene ring substituents is 1. The van der Waals surface area contributed by atoms with Crippen LogP contribution in [-0.4, -0.2) is 17.0 Å². The molecular weight excluding hydrogens is 244 g/mol. The molecule has 0 aromatic heterocycles. The van der Waals surface area contributed by atoms with Crippen molar-refractivity contribution in [2.24, 2.45) is 5.73 Å². The quantitative estimate of drug-likeness (QED) is 0.642. The minimum absolute atomic E-state index is 0.00169. The first-order valence-electron chi connectivity index (χ1n) is 5.63. The van der Waals surface area contributed by atoms with Crippen molar-refractivity contribution in [1.29, 1.82) is 0 Å². The van der Waals surface area contributed by atoms with E-state index in [0.29, 0.717) is 12.8 Å². The summed E-state index contributed by atoms with van der Waals surface area (Å²) < 4.78 is 26.7. The molecule has 0 bridgehead atoms. The zero-order valence-electron chi connectivity index (χ0n) is 9.53. The summed E-state index contributed by atoms with van der Waals surface area (Å²) in [6.45, 7) is 0. The molecule has 2 atom stereocenters. The molecule has 0 spiro atoms. The van der Waals surface area contributed by atoms with Crippen molar-refractivity contribution in [1.82, 2.24) is 0 Å². The lowest BCUT2D eigenvalue weighted by molar-refractivity contribution is -0.384. The Morgan fingerprint density at radius 2 is 2.11 bits per heavy atom. The molecule has 1 aliphatic rings. The van der Waals surface area contributed by atoms with Crippen LogP contribution in [0.3, 0.4) is 0 Å². The Morgan fingerprint density at radius 3 is 2.67 bits per heavy atom. The summed E-state index contributed by atoms with van der Waals surface area (Å²) in [6.07, 6.45) is 2.05. The molecule has 0 aliphatic heterocycles. The number of hydrogen-bond acceptors (Lipinski definition) is 4. The highest BCUT2D eigenvalue weighted by molar-refractivity contribution is 5.63. The maximum absolute atomic E-state index is 13.6. The molecule has 5 nitrogen and oxygen atoms in total. The van der Waals surface area contributed by atoms with Crippen LogP contribution in [0.1, 0.15) is 19.3 Å². The van der Waals surface area contributed by atoms with Gasteiger partial charge in [-0.2, -0.15) is 0 Å². The second-order valence-corrected chi connectivity index (χ2v) is 4.43. The molecule has 0 heterocycles. The molecule has 1 fully saturated rings. The van der Waals surface area contributed by atoms with Crippen LogP contribution in [-0.2, 0) is 0 Å². The van der Waals surface area contributed by atoms with Gasteiger partial charge in [0, 0.05) is 18.2 Å². The molecule has 0 amide bonds. The first kappa shape index (κ1) is 12.7. The van der Waals surface area contributed by atoms with Crippen LogP contribution < -0.4 is 11.1 Å². The third-order valence-electron chi connectivity index (χ3n) is 3.09. The van der Waals surface area contributed by atoms with Crippen molar-refractivity contribution in [3.05, 3.63) is 33.9 Å². The van der Waals surface area contributed by atoms with Gasteiger partial charge < -0.3 is 11.1 Å². The summed E-state index contributed by atoms with van der Waals surface area (Å²) in [7, 11) is 0. The highest BCUT2D eigenvalue weighted by atomic mass is 19.2. The number of benzene rings is 1. The number of anilines is 1. The van der Waals surface area contributed by atoms with Gasteiger partial charge in [0.15, 0.2) is 17.3 Å². The monoisotopic (exact) mass is 257 g/mol. The van der Waals surface area contributed by atoms with Gasteiger partial charge in [-0.15, -0.1) is 0 Å². The molecule has 0 saturated heterocycles. The Kier molecular flexibility index (Phi) is 3.42. The smallest absolute Gasteiger partial charge is 0.295 e. The van der Waals surface area contributed by atoms with Gasteiger partial charge in [0.05, 0.1) is 4.92 Å². The maximum Gasteiger partial charge on any atom is 0.295 e. The molecule has 18 heavy (non-hydrogen) atoms. The van der Waals surface area contributed by atoms with E-state index < -0.39 is 22.2 Å². The Labute approximate surface area is 102 Å². The lowest BCUT2D eigenvalue weighted by atomic mass is 10.2. The van der Waals surface area contributed by atoms with Crippen molar-refractivity contribution in [2.45, 2.75) is 31.3 Å². The standard InChI is InChI=1S/C11H13F2N3O2/c12-8-3-4-9(16(17)18)11(10(8)13)15-7-2-1-6(14)5-7/h3-4,6-7,15H,1-2,5,14H2. The lowest BCUT2D eigenvalue weighted by Crippen LogP contribution is -2.22. The first-order valence-corrected chi connectivity index (χ1v) is 5.63. The SMILES string of the molecule is NC1CCC(Nc2c([N+](=O)[O-])ccc(F)c2F)C1. The lowest BCUT2D eigenvalue weighted by Gasteiger charge is -2.14. The van der Waals surface area contributed by atoms with Gasteiger partial charge in [0.2, 0.25) is 0 Å². The Morgan fingerprint density at radius 1 is 1.39 bits per heavy atom. The van der Waals surface area contributed by atoms with Crippen LogP contribution in [0.15, 0.2) is 12.1 Å². The molecular formula is C11H13F2N3O2. The van der Waals surface area contributed by atoms with E-state index in [2.05, 4.69) is 5.32 Å². The fourth-order valence-corrected chi connectivity index (χ4v) is 2.18. The molecule has 1 aliphatic carbocycles. The highest BCUT2D eigenvalue weighted by Gasteiger charge is 2.27. The third-order valence-corrected chi connectivity index (χ3v) is 3.09. The fraction of sp³-hybridized carbons (Fsp3) is 0.455. The van der Waals surface area contributed by atoms with Gasteiger partial charge in [0.1, 0.15) is 0 Å². The Hall–Kier alpha value is -1.76. The van der Waals surface area contributed by atoms with Crippen molar-refractivity contribution >= 4 is 11.4 Å². The van der Waals surface area contributed by atoms with E-state index in [4.69, 9.17) is 5.73 Å². The van der Waals surface area contributed by atoms with E-state index in [1.165, 1.54) is 0 Å². The Bertz CT molecular complexity index is 482. The number of rotatable bonds is 3. The molecule has 1 aromatic carbocycles. The zero-order valence-corrected chi connectivity index (χ0v) is 9.53. The maximum atomic E-state index is 13.6. The second kappa shape index (κ2) is 4.85. The molecule has 7 heteroatoms. The Balaban J connectivity index is 2.30. The predicted molar refractivity (Wildman–Crippen MR) is 62.2 cm³/mol. The third kappa shape index (κ3) is 2.40. The van der Waals surface area contributed by atoms with E-state index in [1.54, 1.807) is 0 Å². The van der Waals surface area contributed by atoms with Crippen LogP contribution in [0.5, 0.6) is 0 Å². The summed E-state index contributed by atoms with van der Waals surface area (Å²) >= 11 is 0. The number of hydrogen-bond donors (Lipinski definition) is 2. The summed E-state index contributed by atoms with van der Waals surface area (Å²) in [5, 5.41) is 13.5. The molecule has 2 rings (SSSR count). The van der Waals surface area contributed by atoms with Gasteiger partial charge in [-0.25, -0.2) is 8.78 Å². The highest BCUT2D eigenvalue weighted by Crippen LogP contribution is 2.32. The van der Waals surface area contributed by atoms with E-state index in [0.717, 1.165) is 18.6 Å². The largest absolute Gasteiger partial charge is 0.374 e. The average molecular weight is 257 g/mol. The minimum Gasteiger partial charge on any atom is -0.374 e. The van der Waals surface area contributed by atoms with Crippen molar-refractivity contribution < 1.29 is 13.7 Å². The van der Waals surface area contributed by atoms with Crippen molar-refractivity contribution in [3.8, 4) is 0 Å². The normalized spacial score (nSPS) is 23.1. The van der Waals surface area contributed by atoms with Gasteiger partial charge in [-0.05, 0) is 25.3 Å². The van der Waals surface area contributed by atoms with E-state index >= 15 is 0 Å². The summed E-state index contributed by atoms with van der Waals surface area (Å²) in [4.78, 5) is 10.0. The summed E-state index contributed by atoms with van der Waals surface area (Å²) in [5.41, 5.74) is 4.85. The van der Waals surface area contributed by atoms with Gasteiger partial charge >= 0.3 is 0 Å². The minimum atomic E-state index is -1.22. The van der Waals surface area contributed by atoms with E-state index in [1.807, 2.05) is 0 Å². The van der Waals surface area contributed by atoms with E-state index in [-0.39, 0.29) is 17.8 Å². The van der Waals surface area contributed by atoms with E-state index in [9.17, 15) is 18.9 Å². The summed E-state index contributed by atoms with van der Waals surface area (Å²) in [5.74, 6) is -2.32. The second-order valence-electron chi connectivity index (χ2n) is 4.43. The molecule has 98 valence electrons. The topological polar surface area (TPSA) is 81.2 Å².